The first-order chi connectivity index (χ1) is 9.61. The van der Waals surface area contributed by atoms with E-state index >= 15 is 0 Å². The lowest BCUT2D eigenvalue weighted by atomic mass is 10.3. The Morgan fingerprint density at radius 3 is 3.00 bits per heavy atom. The molecule has 1 aromatic rings. The summed E-state index contributed by atoms with van der Waals surface area (Å²) in [6.45, 7) is 2.15. The maximum Gasteiger partial charge on any atom is 0.326 e. The largest absolute Gasteiger partial charge is 0.464 e. The lowest BCUT2D eigenvalue weighted by molar-refractivity contribution is -0.146. The van der Waals surface area contributed by atoms with Crippen LogP contribution in [0.2, 0.25) is 0 Å². The molecular formula is C13H13NO3S3. The minimum absolute atomic E-state index is 0.119. The molecule has 1 aliphatic rings. The Balaban J connectivity index is 2.04. The zero-order valence-electron chi connectivity index (χ0n) is 10.8. The average Bonchev–Trinajstić information content (AvgIpc) is 3.01. The van der Waals surface area contributed by atoms with Crippen molar-refractivity contribution >= 4 is 57.6 Å². The maximum absolute atomic E-state index is 12.2. The molecule has 1 saturated heterocycles. The Hall–Kier alpha value is -1.18. The summed E-state index contributed by atoms with van der Waals surface area (Å²) in [5, 5.41) is 1.94. The van der Waals surface area contributed by atoms with Crippen molar-refractivity contribution in [3.63, 3.8) is 0 Å². The molecule has 20 heavy (non-hydrogen) atoms. The number of hydrogen-bond donors (Lipinski definition) is 0. The van der Waals surface area contributed by atoms with E-state index in [4.69, 9.17) is 17.0 Å². The van der Waals surface area contributed by atoms with E-state index < -0.39 is 5.97 Å². The summed E-state index contributed by atoms with van der Waals surface area (Å²) in [5.41, 5.74) is 0. The zero-order valence-corrected chi connectivity index (χ0v) is 13.3. The van der Waals surface area contributed by atoms with Crippen LogP contribution in [0.1, 0.15) is 18.2 Å². The predicted molar refractivity (Wildman–Crippen MR) is 85.4 cm³/mol. The van der Waals surface area contributed by atoms with E-state index in [1.807, 2.05) is 24.4 Å². The second-order valence-corrected chi connectivity index (χ2v) is 6.66. The van der Waals surface area contributed by atoms with Gasteiger partial charge in [-0.15, -0.1) is 11.3 Å². The quantitative estimate of drug-likeness (QED) is 0.473. The lowest BCUT2D eigenvalue weighted by Crippen LogP contribution is -2.34. The zero-order chi connectivity index (χ0) is 14.5. The summed E-state index contributed by atoms with van der Waals surface area (Å²) in [6, 6.07) is 3.84. The number of nitrogens with zero attached hydrogens (tertiary/aromatic N) is 1. The van der Waals surface area contributed by atoms with Gasteiger partial charge in [0.1, 0.15) is 10.9 Å². The van der Waals surface area contributed by atoms with E-state index in [0.29, 0.717) is 15.8 Å². The molecule has 106 valence electrons. The molecule has 0 bridgehead atoms. The van der Waals surface area contributed by atoms with Gasteiger partial charge in [0.25, 0.3) is 5.91 Å². The van der Waals surface area contributed by atoms with Gasteiger partial charge in [0.15, 0.2) is 0 Å². The highest BCUT2D eigenvalue weighted by molar-refractivity contribution is 8.26. The Kier molecular flexibility index (Phi) is 5.33. The highest BCUT2D eigenvalue weighted by Crippen LogP contribution is 2.33. The molecule has 0 N–H and O–H groups in total. The molecule has 0 spiro atoms. The van der Waals surface area contributed by atoms with E-state index in [2.05, 4.69) is 0 Å². The molecule has 4 nitrogen and oxygen atoms in total. The minimum Gasteiger partial charge on any atom is -0.464 e. The molecule has 1 aliphatic heterocycles. The molecule has 0 saturated carbocycles. The Labute approximate surface area is 130 Å². The van der Waals surface area contributed by atoms with Gasteiger partial charge in [0, 0.05) is 4.88 Å². The Bertz CT molecular complexity index is 551. The molecule has 0 radical (unpaired) electrons. The van der Waals surface area contributed by atoms with Crippen molar-refractivity contribution in [2.24, 2.45) is 0 Å². The molecule has 0 atom stereocenters. The van der Waals surface area contributed by atoms with E-state index in [9.17, 15) is 9.59 Å². The van der Waals surface area contributed by atoms with Crippen LogP contribution >= 0.6 is 35.3 Å². The van der Waals surface area contributed by atoms with Crippen molar-refractivity contribution in [3.05, 3.63) is 27.3 Å². The highest BCUT2D eigenvalue weighted by Gasteiger charge is 2.33. The van der Waals surface area contributed by atoms with Crippen LogP contribution in [0.15, 0.2) is 22.4 Å². The summed E-state index contributed by atoms with van der Waals surface area (Å²) >= 11 is 7.90. The van der Waals surface area contributed by atoms with Crippen molar-refractivity contribution in [3.8, 4) is 0 Å². The minimum atomic E-state index is -0.430. The molecular weight excluding hydrogens is 314 g/mol. The number of rotatable bonds is 5. The van der Waals surface area contributed by atoms with Crippen molar-refractivity contribution in [2.75, 3.05) is 13.2 Å². The third-order valence-corrected chi connectivity index (χ3v) is 4.64. The van der Waals surface area contributed by atoms with Gasteiger partial charge >= 0.3 is 5.97 Å². The molecule has 0 aromatic carbocycles. The third kappa shape index (κ3) is 3.68. The SMILES string of the molecule is CCCOC(=O)CN1C(=O)C(=Cc2cccs2)SC1=S. The van der Waals surface area contributed by atoms with E-state index in [1.54, 1.807) is 17.4 Å². The van der Waals surface area contributed by atoms with Gasteiger partial charge in [-0.05, 0) is 23.9 Å². The van der Waals surface area contributed by atoms with Gasteiger partial charge < -0.3 is 4.74 Å². The average molecular weight is 327 g/mol. The van der Waals surface area contributed by atoms with Crippen LogP contribution in [-0.4, -0.2) is 34.2 Å². The second kappa shape index (κ2) is 7.01. The first-order valence-corrected chi connectivity index (χ1v) is 8.16. The molecule has 0 unspecified atom stereocenters. The summed E-state index contributed by atoms with van der Waals surface area (Å²) in [5.74, 6) is -0.664. The fraction of sp³-hybridized carbons (Fsp3) is 0.308. The van der Waals surface area contributed by atoms with Crippen LogP contribution in [0.3, 0.4) is 0 Å². The van der Waals surface area contributed by atoms with Gasteiger partial charge in [-0.3, -0.25) is 14.5 Å². The number of hydrogen-bond acceptors (Lipinski definition) is 6. The number of thiocarbonyl (C=S) groups is 1. The number of amides is 1. The van der Waals surface area contributed by atoms with Gasteiger partial charge in [-0.25, -0.2) is 0 Å². The number of thioether (sulfide) groups is 1. The Morgan fingerprint density at radius 1 is 1.55 bits per heavy atom. The van der Waals surface area contributed by atoms with E-state index in [-0.39, 0.29) is 12.5 Å². The number of carbonyl (C=O) groups is 2. The topological polar surface area (TPSA) is 46.6 Å². The summed E-state index contributed by atoms with van der Waals surface area (Å²) in [6.07, 6.45) is 2.55. The number of ether oxygens (including phenoxy) is 1. The Morgan fingerprint density at radius 2 is 2.35 bits per heavy atom. The molecule has 1 fully saturated rings. The monoisotopic (exact) mass is 327 g/mol. The van der Waals surface area contributed by atoms with Crippen molar-refractivity contribution in [2.45, 2.75) is 13.3 Å². The van der Waals surface area contributed by atoms with Crippen LogP contribution < -0.4 is 0 Å². The van der Waals surface area contributed by atoms with E-state index in [0.717, 1.165) is 11.3 Å². The predicted octanol–water partition coefficient (Wildman–Crippen LogP) is 2.90. The standard InChI is InChI=1S/C13H13NO3S3/c1-2-5-17-11(15)8-14-12(16)10(20-13(14)18)7-9-4-3-6-19-9/h3-4,6-7H,2,5,8H2,1H3. The van der Waals surface area contributed by atoms with Crippen molar-refractivity contribution in [1.82, 2.24) is 4.90 Å². The van der Waals surface area contributed by atoms with Gasteiger partial charge in [-0.1, -0.05) is 37.0 Å². The van der Waals surface area contributed by atoms with Gasteiger partial charge in [-0.2, -0.15) is 0 Å². The second-order valence-electron chi connectivity index (χ2n) is 4.00. The van der Waals surface area contributed by atoms with Crippen molar-refractivity contribution < 1.29 is 14.3 Å². The number of thiophene rings is 1. The highest BCUT2D eigenvalue weighted by atomic mass is 32.2. The van der Waals surface area contributed by atoms with Crippen molar-refractivity contribution in [1.29, 1.82) is 0 Å². The molecule has 1 aromatic heterocycles. The van der Waals surface area contributed by atoms with Gasteiger partial charge in [0.2, 0.25) is 0 Å². The number of carbonyl (C=O) groups excluding carboxylic acids is 2. The summed E-state index contributed by atoms with van der Waals surface area (Å²) in [4.78, 5) is 26.6. The number of esters is 1. The van der Waals surface area contributed by atoms with Crippen LogP contribution in [-0.2, 0) is 14.3 Å². The normalized spacial score (nSPS) is 17.1. The van der Waals surface area contributed by atoms with Crippen LogP contribution in [0.5, 0.6) is 0 Å². The molecule has 7 heteroatoms. The fourth-order valence-electron chi connectivity index (χ4n) is 1.53. The lowest BCUT2D eigenvalue weighted by Gasteiger charge is -2.13. The molecule has 2 heterocycles. The first-order valence-electron chi connectivity index (χ1n) is 6.06. The molecule has 2 rings (SSSR count). The summed E-state index contributed by atoms with van der Waals surface area (Å²) in [7, 11) is 0. The molecule has 0 aliphatic carbocycles. The van der Waals surface area contributed by atoms with Crippen LogP contribution in [0, 0.1) is 0 Å². The third-order valence-electron chi connectivity index (χ3n) is 2.44. The smallest absolute Gasteiger partial charge is 0.326 e. The summed E-state index contributed by atoms with van der Waals surface area (Å²) < 4.78 is 5.37. The van der Waals surface area contributed by atoms with Gasteiger partial charge in [0.05, 0.1) is 11.5 Å². The maximum atomic E-state index is 12.2. The first kappa shape index (κ1) is 15.2. The molecule has 1 amide bonds. The van der Waals surface area contributed by atoms with Crippen LogP contribution in [0.4, 0.5) is 0 Å². The fourth-order valence-corrected chi connectivity index (χ4v) is 3.51. The van der Waals surface area contributed by atoms with E-state index in [1.165, 1.54) is 16.7 Å². The van der Waals surface area contributed by atoms with Crippen LogP contribution in [0.25, 0.3) is 6.08 Å².